The summed E-state index contributed by atoms with van der Waals surface area (Å²) in [7, 11) is 1.53. The van der Waals surface area contributed by atoms with Crippen molar-refractivity contribution in [2.75, 3.05) is 7.11 Å². The van der Waals surface area contributed by atoms with Gasteiger partial charge in [0.05, 0.1) is 18.2 Å². The summed E-state index contributed by atoms with van der Waals surface area (Å²) in [5, 5.41) is 0.503. The quantitative estimate of drug-likeness (QED) is 0.926. The van der Waals surface area contributed by atoms with Crippen molar-refractivity contribution >= 4 is 11.6 Å². The second-order valence-corrected chi connectivity index (χ2v) is 4.80. The third-order valence-electron chi connectivity index (χ3n) is 3.02. The SMILES string of the molecule is COc1cc(C(N)c2cc(C)ccc2F)ccc1Cl. The van der Waals surface area contributed by atoms with Crippen LogP contribution in [-0.4, -0.2) is 7.11 Å². The first-order chi connectivity index (χ1) is 9.02. The summed E-state index contributed by atoms with van der Waals surface area (Å²) in [4.78, 5) is 0. The van der Waals surface area contributed by atoms with Crippen LogP contribution in [0.25, 0.3) is 0 Å². The minimum Gasteiger partial charge on any atom is -0.495 e. The molecule has 1 unspecified atom stereocenters. The number of methoxy groups -OCH3 is 1. The lowest BCUT2D eigenvalue weighted by molar-refractivity contribution is 0.414. The number of ether oxygens (including phenoxy) is 1. The molecule has 2 N–H and O–H groups in total. The average molecular weight is 280 g/mol. The number of hydrogen-bond donors (Lipinski definition) is 1. The lowest BCUT2D eigenvalue weighted by Gasteiger charge is -2.15. The Hall–Kier alpha value is -1.58. The number of rotatable bonds is 3. The molecular weight excluding hydrogens is 265 g/mol. The first-order valence-electron chi connectivity index (χ1n) is 5.88. The maximum absolute atomic E-state index is 13.8. The number of aryl methyl sites for hydroxylation is 1. The van der Waals surface area contributed by atoms with Crippen molar-refractivity contribution in [3.05, 3.63) is 63.9 Å². The van der Waals surface area contributed by atoms with Gasteiger partial charge in [-0.3, -0.25) is 0 Å². The van der Waals surface area contributed by atoms with Crippen LogP contribution in [0.15, 0.2) is 36.4 Å². The third kappa shape index (κ3) is 2.88. The van der Waals surface area contributed by atoms with Crippen molar-refractivity contribution in [2.24, 2.45) is 5.73 Å². The van der Waals surface area contributed by atoms with E-state index in [0.717, 1.165) is 11.1 Å². The maximum atomic E-state index is 13.8. The Labute approximate surface area is 117 Å². The fourth-order valence-electron chi connectivity index (χ4n) is 1.95. The molecule has 0 aliphatic carbocycles. The minimum absolute atomic E-state index is 0.313. The lowest BCUT2D eigenvalue weighted by atomic mass is 9.97. The smallest absolute Gasteiger partial charge is 0.137 e. The van der Waals surface area contributed by atoms with E-state index in [-0.39, 0.29) is 5.82 Å². The van der Waals surface area contributed by atoms with E-state index in [1.807, 2.05) is 6.92 Å². The normalized spacial score (nSPS) is 12.3. The van der Waals surface area contributed by atoms with E-state index < -0.39 is 6.04 Å². The molecule has 19 heavy (non-hydrogen) atoms. The van der Waals surface area contributed by atoms with E-state index in [2.05, 4.69) is 0 Å². The molecule has 0 bridgehead atoms. The summed E-state index contributed by atoms with van der Waals surface area (Å²) in [5.41, 5.74) is 8.30. The standard InChI is InChI=1S/C15H15ClFNO/c1-9-3-6-13(17)11(7-9)15(18)10-4-5-12(16)14(8-10)19-2/h3-8,15H,18H2,1-2H3. The molecule has 0 saturated carbocycles. The molecule has 4 heteroatoms. The molecule has 0 saturated heterocycles. The molecule has 2 aromatic carbocycles. The predicted octanol–water partition coefficient (Wildman–Crippen LogP) is 3.84. The molecule has 2 aromatic rings. The van der Waals surface area contributed by atoms with E-state index in [1.165, 1.54) is 13.2 Å². The van der Waals surface area contributed by atoms with Crippen LogP contribution in [-0.2, 0) is 0 Å². The molecule has 0 aliphatic rings. The van der Waals surface area contributed by atoms with E-state index in [4.69, 9.17) is 22.1 Å². The zero-order valence-corrected chi connectivity index (χ0v) is 11.5. The number of halogens is 2. The number of benzene rings is 2. The van der Waals surface area contributed by atoms with Crippen molar-refractivity contribution < 1.29 is 9.13 Å². The van der Waals surface area contributed by atoms with Crippen LogP contribution in [0.5, 0.6) is 5.75 Å². The molecule has 0 amide bonds. The second-order valence-electron chi connectivity index (χ2n) is 4.40. The van der Waals surface area contributed by atoms with E-state index in [0.29, 0.717) is 16.3 Å². The zero-order chi connectivity index (χ0) is 14.0. The fourth-order valence-corrected chi connectivity index (χ4v) is 2.15. The van der Waals surface area contributed by atoms with Gasteiger partial charge in [-0.1, -0.05) is 35.4 Å². The molecule has 1 atom stereocenters. The van der Waals surface area contributed by atoms with Gasteiger partial charge in [0.25, 0.3) is 0 Å². The van der Waals surface area contributed by atoms with Crippen molar-refractivity contribution in [1.29, 1.82) is 0 Å². The van der Waals surface area contributed by atoms with Crippen LogP contribution in [0.2, 0.25) is 5.02 Å². The number of hydrogen-bond acceptors (Lipinski definition) is 2. The summed E-state index contributed by atoms with van der Waals surface area (Å²) in [5.74, 6) is 0.217. The molecule has 0 radical (unpaired) electrons. The molecular formula is C15H15ClFNO. The van der Waals surface area contributed by atoms with Gasteiger partial charge in [-0.2, -0.15) is 0 Å². The van der Waals surface area contributed by atoms with E-state index >= 15 is 0 Å². The van der Waals surface area contributed by atoms with Crippen LogP contribution >= 0.6 is 11.6 Å². The molecule has 0 fully saturated rings. The molecule has 0 spiro atoms. The van der Waals surface area contributed by atoms with E-state index in [9.17, 15) is 4.39 Å². The first-order valence-corrected chi connectivity index (χ1v) is 6.26. The van der Waals surface area contributed by atoms with Gasteiger partial charge in [-0.05, 0) is 30.7 Å². The Morgan fingerprint density at radius 1 is 1.21 bits per heavy atom. The summed E-state index contributed by atoms with van der Waals surface area (Å²) in [6.07, 6.45) is 0. The van der Waals surface area contributed by atoms with Gasteiger partial charge in [0.2, 0.25) is 0 Å². The summed E-state index contributed by atoms with van der Waals surface area (Å²) in [6, 6.07) is 9.55. The highest BCUT2D eigenvalue weighted by molar-refractivity contribution is 6.32. The topological polar surface area (TPSA) is 35.2 Å². The monoisotopic (exact) mass is 279 g/mol. The number of nitrogens with two attached hydrogens (primary N) is 1. The first kappa shape index (κ1) is 13.8. The van der Waals surface area contributed by atoms with Gasteiger partial charge in [0.15, 0.2) is 0 Å². The van der Waals surface area contributed by atoms with Gasteiger partial charge in [0.1, 0.15) is 11.6 Å². The van der Waals surface area contributed by atoms with Crippen LogP contribution in [0, 0.1) is 12.7 Å². The van der Waals surface area contributed by atoms with Gasteiger partial charge >= 0.3 is 0 Å². The van der Waals surface area contributed by atoms with E-state index in [1.54, 1.807) is 30.3 Å². The van der Waals surface area contributed by atoms with Crippen LogP contribution in [0.4, 0.5) is 4.39 Å². The Balaban J connectivity index is 2.43. The van der Waals surface area contributed by atoms with Gasteiger partial charge in [-0.25, -0.2) is 4.39 Å². The molecule has 0 heterocycles. The highest BCUT2D eigenvalue weighted by Crippen LogP contribution is 2.30. The van der Waals surface area contributed by atoms with Crippen molar-refractivity contribution in [1.82, 2.24) is 0 Å². The predicted molar refractivity (Wildman–Crippen MR) is 75.2 cm³/mol. The summed E-state index contributed by atoms with van der Waals surface area (Å²) < 4.78 is 19.0. The highest BCUT2D eigenvalue weighted by Gasteiger charge is 2.15. The minimum atomic E-state index is -0.550. The van der Waals surface area contributed by atoms with Crippen molar-refractivity contribution in [3.8, 4) is 5.75 Å². The lowest BCUT2D eigenvalue weighted by Crippen LogP contribution is -2.14. The molecule has 2 rings (SSSR count). The fraction of sp³-hybridized carbons (Fsp3) is 0.200. The van der Waals surface area contributed by atoms with Gasteiger partial charge < -0.3 is 10.5 Å². The third-order valence-corrected chi connectivity index (χ3v) is 3.33. The Morgan fingerprint density at radius 2 is 1.95 bits per heavy atom. The average Bonchev–Trinajstić information content (AvgIpc) is 2.41. The Bertz CT molecular complexity index is 601. The van der Waals surface area contributed by atoms with Gasteiger partial charge in [0, 0.05) is 5.56 Å². The molecule has 100 valence electrons. The molecule has 0 aromatic heterocycles. The Morgan fingerprint density at radius 3 is 2.63 bits per heavy atom. The maximum Gasteiger partial charge on any atom is 0.137 e. The summed E-state index contributed by atoms with van der Waals surface area (Å²) in [6.45, 7) is 1.90. The molecule has 2 nitrogen and oxygen atoms in total. The zero-order valence-electron chi connectivity index (χ0n) is 10.8. The highest BCUT2D eigenvalue weighted by atomic mass is 35.5. The van der Waals surface area contributed by atoms with Crippen LogP contribution in [0.1, 0.15) is 22.7 Å². The van der Waals surface area contributed by atoms with Crippen LogP contribution in [0.3, 0.4) is 0 Å². The largest absolute Gasteiger partial charge is 0.495 e. The van der Waals surface area contributed by atoms with Gasteiger partial charge in [-0.15, -0.1) is 0 Å². The van der Waals surface area contributed by atoms with Crippen LogP contribution < -0.4 is 10.5 Å². The van der Waals surface area contributed by atoms with Crippen molar-refractivity contribution in [3.63, 3.8) is 0 Å². The second kappa shape index (κ2) is 5.59. The Kier molecular flexibility index (Phi) is 4.08. The molecule has 0 aliphatic heterocycles. The van der Waals surface area contributed by atoms with Crippen molar-refractivity contribution in [2.45, 2.75) is 13.0 Å². The summed E-state index contributed by atoms with van der Waals surface area (Å²) >= 11 is 5.96.